The van der Waals surface area contributed by atoms with E-state index in [2.05, 4.69) is 0 Å². The number of rotatable bonds is 4. The minimum Gasteiger partial charge on any atom is -0.480 e. The van der Waals surface area contributed by atoms with Gasteiger partial charge in [0.25, 0.3) is 5.69 Å². The predicted molar refractivity (Wildman–Crippen MR) is 64.4 cm³/mol. The summed E-state index contributed by atoms with van der Waals surface area (Å²) in [6.45, 7) is 1.67. The van der Waals surface area contributed by atoms with E-state index in [1.807, 2.05) is 0 Å². The third kappa shape index (κ3) is 3.69. The molecule has 0 saturated heterocycles. The van der Waals surface area contributed by atoms with Crippen LogP contribution < -0.4 is 5.73 Å². The van der Waals surface area contributed by atoms with E-state index in [0.717, 1.165) is 0 Å². The molecule has 0 aliphatic carbocycles. The molecule has 0 amide bonds. The number of halogens is 1. The fourth-order valence-electron chi connectivity index (χ4n) is 1.32. The third-order valence-electron chi connectivity index (χ3n) is 2.45. The van der Waals surface area contributed by atoms with Crippen molar-refractivity contribution >= 4 is 24.1 Å². The summed E-state index contributed by atoms with van der Waals surface area (Å²) < 4.78 is 0. The number of hydrogen-bond donors (Lipinski definition) is 2. The molecule has 0 heterocycles. The Morgan fingerprint density at radius 3 is 2.24 bits per heavy atom. The Labute approximate surface area is 104 Å². The molecule has 0 fully saturated rings. The molecular weight excluding hydrogens is 248 g/mol. The molecule has 2 atom stereocenters. The highest BCUT2D eigenvalue weighted by Crippen LogP contribution is 2.21. The quantitative estimate of drug-likeness (QED) is 0.631. The number of carboxylic acid groups (broad SMARTS) is 1. The highest BCUT2D eigenvalue weighted by Gasteiger charge is 2.21. The zero-order chi connectivity index (χ0) is 12.3. The maximum absolute atomic E-state index is 10.7. The molecule has 94 valence electrons. The summed E-state index contributed by atoms with van der Waals surface area (Å²) in [5, 5.41) is 19.1. The van der Waals surface area contributed by atoms with Gasteiger partial charge in [-0.15, -0.1) is 12.4 Å². The molecule has 0 saturated carbocycles. The molecule has 0 aromatic heterocycles. The summed E-state index contributed by atoms with van der Waals surface area (Å²) in [4.78, 5) is 20.6. The second-order valence-electron chi connectivity index (χ2n) is 3.50. The van der Waals surface area contributed by atoms with Gasteiger partial charge in [0, 0.05) is 18.1 Å². The van der Waals surface area contributed by atoms with Gasteiger partial charge in [0.2, 0.25) is 0 Å². The number of carbonyl (C=O) groups is 1. The minimum absolute atomic E-state index is 0. The van der Waals surface area contributed by atoms with Gasteiger partial charge in [0.05, 0.1) is 4.92 Å². The van der Waals surface area contributed by atoms with Gasteiger partial charge in [-0.1, -0.05) is 19.1 Å². The molecule has 1 aromatic rings. The number of non-ortho nitro benzene ring substituents is 1. The Balaban J connectivity index is 0.00000256. The van der Waals surface area contributed by atoms with Crippen LogP contribution >= 0.6 is 12.4 Å². The van der Waals surface area contributed by atoms with Crippen LogP contribution in [0.2, 0.25) is 0 Å². The number of nitro benzene ring substituents is 1. The number of aliphatic carboxylic acids is 1. The van der Waals surface area contributed by atoms with E-state index >= 15 is 0 Å². The van der Waals surface area contributed by atoms with Crippen LogP contribution in [0.1, 0.15) is 18.4 Å². The highest BCUT2D eigenvalue weighted by molar-refractivity contribution is 5.85. The van der Waals surface area contributed by atoms with Gasteiger partial charge in [-0.05, 0) is 5.56 Å². The zero-order valence-electron chi connectivity index (χ0n) is 9.07. The molecule has 3 N–H and O–H groups in total. The van der Waals surface area contributed by atoms with Crippen LogP contribution in [0.5, 0.6) is 0 Å². The largest absolute Gasteiger partial charge is 0.480 e. The van der Waals surface area contributed by atoms with Crippen LogP contribution in [-0.4, -0.2) is 22.0 Å². The van der Waals surface area contributed by atoms with Crippen molar-refractivity contribution < 1.29 is 14.8 Å². The van der Waals surface area contributed by atoms with E-state index in [1.54, 1.807) is 6.92 Å². The standard InChI is InChI=1S/C10H12N2O4.ClH/c1-6(9(11)10(13)14)7-2-4-8(5-3-7)12(15)16;/h2-6,9H,11H2,1H3,(H,13,14);1H/t6?,9-;/m0./s1. The molecule has 0 spiro atoms. The van der Waals surface area contributed by atoms with Crippen LogP contribution in [0.15, 0.2) is 24.3 Å². The topological polar surface area (TPSA) is 106 Å². The number of carboxylic acids is 1. The van der Waals surface area contributed by atoms with Crippen LogP contribution in [-0.2, 0) is 4.79 Å². The number of hydrogen-bond acceptors (Lipinski definition) is 4. The lowest BCUT2D eigenvalue weighted by atomic mass is 9.94. The lowest BCUT2D eigenvalue weighted by Crippen LogP contribution is -2.35. The summed E-state index contributed by atoms with van der Waals surface area (Å²) in [5.74, 6) is -1.48. The van der Waals surface area contributed by atoms with Crippen molar-refractivity contribution in [3.05, 3.63) is 39.9 Å². The van der Waals surface area contributed by atoms with E-state index in [9.17, 15) is 14.9 Å². The Morgan fingerprint density at radius 2 is 1.88 bits per heavy atom. The van der Waals surface area contributed by atoms with Gasteiger partial charge >= 0.3 is 5.97 Å². The summed E-state index contributed by atoms with van der Waals surface area (Å²) in [6.07, 6.45) is 0. The summed E-state index contributed by atoms with van der Waals surface area (Å²) in [6, 6.07) is 4.69. The van der Waals surface area contributed by atoms with Gasteiger partial charge in [0.1, 0.15) is 6.04 Å². The third-order valence-corrected chi connectivity index (χ3v) is 2.45. The Morgan fingerprint density at radius 1 is 1.41 bits per heavy atom. The fraction of sp³-hybridized carbons (Fsp3) is 0.300. The number of nitrogens with two attached hydrogens (primary N) is 1. The molecule has 1 rings (SSSR count). The fourth-order valence-corrected chi connectivity index (χ4v) is 1.32. The second kappa shape index (κ2) is 6.17. The number of benzene rings is 1. The molecule has 7 heteroatoms. The summed E-state index contributed by atoms with van der Waals surface area (Å²) in [5.41, 5.74) is 6.10. The summed E-state index contributed by atoms with van der Waals surface area (Å²) in [7, 11) is 0. The first-order chi connectivity index (χ1) is 7.43. The van der Waals surface area contributed by atoms with Crippen molar-refractivity contribution in [3.8, 4) is 0 Å². The Kier molecular flexibility index (Phi) is 5.57. The van der Waals surface area contributed by atoms with Crippen molar-refractivity contribution in [1.82, 2.24) is 0 Å². The van der Waals surface area contributed by atoms with Crippen molar-refractivity contribution in [2.75, 3.05) is 0 Å². The van der Waals surface area contributed by atoms with Crippen molar-refractivity contribution in [3.63, 3.8) is 0 Å². The lowest BCUT2D eigenvalue weighted by Gasteiger charge is -2.15. The maximum Gasteiger partial charge on any atom is 0.321 e. The minimum atomic E-state index is -1.09. The van der Waals surface area contributed by atoms with Crippen LogP contribution in [0.3, 0.4) is 0 Å². The van der Waals surface area contributed by atoms with Crippen LogP contribution in [0.25, 0.3) is 0 Å². The number of nitrogens with zero attached hydrogens (tertiary/aromatic N) is 1. The SMILES string of the molecule is CC(c1ccc([N+](=O)[O-])cc1)[C@H](N)C(=O)O.Cl. The highest BCUT2D eigenvalue weighted by atomic mass is 35.5. The molecule has 0 bridgehead atoms. The van der Waals surface area contributed by atoms with Gasteiger partial charge < -0.3 is 10.8 Å². The van der Waals surface area contributed by atoms with Crippen molar-refractivity contribution in [2.24, 2.45) is 5.73 Å². The average Bonchev–Trinajstić information content (AvgIpc) is 2.27. The predicted octanol–water partition coefficient (Wildman–Crippen LogP) is 1.53. The van der Waals surface area contributed by atoms with E-state index < -0.39 is 22.9 Å². The molecular formula is C10H13ClN2O4. The molecule has 17 heavy (non-hydrogen) atoms. The molecule has 1 unspecified atom stereocenters. The second-order valence-corrected chi connectivity index (χ2v) is 3.50. The van der Waals surface area contributed by atoms with E-state index in [-0.39, 0.29) is 18.1 Å². The van der Waals surface area contributed by atoms with Crippen LogP contribution in [0, 0.1) is 10.1 Å². The lowest BCUT2D eigenvalue weighted by molar-refractivity contribution is -0.384. The Bertz CT molecular complexity index is 407. The van der Waals surface area contributed by atoms with Gasteiger partial charge in [-0.3, -0.25) is 14.9 Å². The van der Waals surface area contributed by atoms with Crippen molar-refractivity contribution in [1.29, 1.82) is 0 Å². The van der Waals surface area contributed by atoms with Gasteiger partial charge in [-0.2, -0.15) is 0 Å². The zero-order valence-corrected chi connectivity index (χ0v) is 9.89. The molecule has 0 radical (unpaired) electrons. The molecule has 1 aromatic carbocycles. The molecule has 0 aliphatic heterocycles. The number of nitro groups is 1. The van der Waals surface area contributed by atoms with Crippen molar-refractivity contribution in [2.45, 2.75) is 18.9 Å². The van der Waals surface area contributed by atoms with Gasteiger partial charge in [-0.25, -0.2) is 0 Å². The van der Waals surface area contributed by atoms with E-state index in [1.165, 1.54) is 24.3 Å². The molecule has 6 nitrogen and oxygen atoms in total. The monoisotopic (exact) mass is 260 g/mol. The molecule has 0 aliphatic rings. The first-order valence-electron chi connectivity index (χ1n) is 4.66. The Hall–Kier alpha value is -1.66. The van der Waals surface area contributed by atoms with Gasteiger partial charge in [0.15, 0.2) is 0 Å². The van der Waals surface area contributed by atoms with E-state index in [4.69, 9.17) is 10.8 Å². The van der Waals surface area contributed by atoms with Crippen LogP contribution in [0.4, 0.5) is 5.69 Å². The average molecular weight is 261 g/mol. The normalized spacial score (nSPS) is 13.3. The van der Waals surface area contributed by atoms with E-state index in [0.29, 0.717) is 5.56 Å². The first-order valence-corrected chi connectivity index (χ1v) is 4.66. The first kappa shape index (κ1) is 15.3. The maximum atomic E-state index is 10.7. The summed E-state index contributed by atoms with van der Waals surface area (Å²) >= 11 is 0. The smallest absolute Gasteiger partial charge is 0.321 e.